The molecule has 4 N–H and O–H groups in total. The minimum atomic E-state index is -0.720. The lowest BCUT2D eigenvalue weighted by Crippen LogP contribution is -2.42. The first-order valence-corrected chi connectivity index (χ1v) is 10.5. The van der Waals surface area contributed by atoms with Crippen molar-refractivity contribution in [3.8, 4) is 11.3 Å². The molecule has 3 aromatic rings. The zero-order valence-electron chi connectivity index (χ0n) is 17.2. The van der Waals surface area contributed by atoms with Crippen molar-refractivity contribution >= 4 is 23.1 Å². The second-order valence-corrected chi connectivity index (χ2v) is 8.03. The van der Waals surface area contributed by atoms with Crippen molar-refractivity contribution in [1.82, 2.24) is 15.3 Å². The Labute approximate surface area is 183 Å². The Balaban J connectivity index is 1.48. The molecule has 9 heteroatoms. The average Bonchev–Trinajstić information content (AvgIpc) is 3.15. The summed E-state index contributed by atoms with van der Waals surface area (Å²) in [6.45, 7) is 1.90. The van der Waals surface area contributed by atoms with Gasteiger partial charge in [0.1, 0.15) is 17.5 Å². The standard InChI is InChI=1S/C23H22F2N6O/c24-15-4-1-5-16(25)21(15)17-9-18(22-19(29-17)11-28-23(22)32)30-20-7-6-14(10-27-20)31-8-2-3-13(26)12-31/h1,4-7,9-10,13H,2-3,8,11-12,26H2,(H,28,32)(H,27,29,30)/t13-/m1/s1. The van der Waals surface area contributed by atoms with Crippen molar-refractivity contribution < 1.29 is 13.6 Å². The third-order valence-electron chi connectivity index (χ3n) is 5.79. The van der Waals surface area contributed by atoms with E-state index in [0.29, 0.717) is 22.8 Å². The van der Waals surface area contributed by atoms with Crippen LogP contribution in [0.2, 0.25) is 0 Å². The normalized spacial score (nSPS) is 17.8. The summed E-state index contributed by atoms with van der Waals surface area (Å²) in [4.78, 5) is 23.4. The predicted molar refractivity (Wildman–Crippen MR) is 118 cm³/mol. The lowest BCUT2D eigenvalue weighted by Gasteiger charge is -2.32. The van der Waals surface area contributed by atoms with Gasteiger partial charge in [-0.2, -0.15) is 0 Å². The van der Waals surface area contributed by atoms with E-state index >= 15 is 0 Å². The van der Waals surface area contributed by atoms with Gasteiger partial charge in [0.2, 0.25) is 0 Å². The van der Waals surface area contributed by atoms with E-state index in [9.17, 15) is 13.6 Å². The molecular weight excluding hydrogens is 414 g/mol. The highest BCUT2D eigenvalue weighted by Gasteiger charge is 2.27. The van der Waals surface area contributed by atoms with E-state index in [0.717, 1.165) is 31.6 Å². The zero-order chi connectivity index (χ0) is 22.2. The number of carbonyl (C=O) groups is 1. The molecule has 32 heavy (non-hydrogen) atoms. The highest BCUT2D eigenvalue weighted by Crippen LogP contribution is 2.33. The highest BCUT2D eigenvalue weighted by molar-refractivity contribution is 6.04. The van der Waals surface area contributed by atoms with Crippen LogP contribution < -0.4 is 21.3 Å². The molecule has 5 rings (SSSR count). The fourth-order valence-electron chi connectivity index (χ4n) is 4.23. The topological polar surface area (TPSA) is 96.2 Å². The molecule has 4 heterocycles. The first-order valence-electron chi connectivity index (χ1n) is 10.5. The first kappa shape index (κ1) is 20.3. The summed E-state index contributed by atoms with van der Waals surface area (Å²) in [6, 6.07) is 9.02. The third kappa shape index (κ3) is 3.75. The van der Waals surface area contributed by atoms with E-state index < -0.39 is 11.6 Å². The molecule has 1 fully saturated rings. The van der Waals surface area contributed by atoms with Gasteiger partial charge in [-0.1, -0.05) is 6.07 Å². The van der Waals surface area contributed by atoms with Crippen LogP contribution in [0.15, 0.2) is 42.6 Å². The zero-order valence-corrected chi connectivity index (χ0v) is 17.2. The van der Waals surface area contributed by atoms with Gasteiger partial charge in [-0.3, -0.25) is 4.79 Å². The van der Waals surface area contributed by atoms with Gasteiger partial charge >= 0.3 is 0 Å². The number of aromatic nitrogens is 2. The van der Waals surface area contributed by atoms with Gasteiger partial charge in [-0.15, -0.1) is 0 Å². The molecular formula is C23H22F2N6O. The number of rotatable bonds is 4. The second-order valence-electron chi connectivity index (χ2n) is 8.03. The number of carbonyl (C=O) groups excluding carboxylic acids is 1. The Kier molecular flexibility index (Phi) is 5.18. The number of benzene rings is 1. The van der Waals surface area contributed by atoms with Crippen molar-refractivity contribution in [2.45, 2.75) is 25.4 Å². The van der Waals surface area contributed by atoms with Crippen LogP contribution in [0.4, 0.5) is 26.0 Å². The molecule has 7 nitrogen and oxygen atoms in total. The van der Waals surface area contributed by atoms with Gasteiger partial charge in [-0.25, -0.2) is 18.7 Å². The average molecular weight is 436 g/mol. The summed E-state index contributed by atoms with van der Waals surface area (Å²) in [5.41, 5.74) is 8.08. The number of nitrogens with two attached hydrogens (primary N) is 1. The second kappa shape index (κ2) is 8.16. The van der Waals surface area contributed by atoms with E-state index in [1.807, 2.05) is 6.07 Å². The molecule has 0 bridgehead atoms. The summed E-state index contributed by atoms with van der Waals surface area (Å²) in [5.74, 6) is -1.23. The van der Waals surface area contributed by atoms with Crippen molar-refractivity contribution in [2.24, 2.45) is 5.73 Å². The molecule has 2 aliphatic rings. The maximum Gasteiger partial charge on any atom is 0.255 e. The van der Waals surface area contributed by atoms with E-state index in [4.69, 9.17) is 5.73 Å². The smallest absolute Gasteiger partial charge is 0.255 e. The quantitative estimate of drug-likeness (QED) is 0.581. The number of nitrogens with zero attached hydrogens (tertiary/aromatic N) is 3. The fourth-order valence-corrected chi connectivity index (χ4v) is 4.23. The number of hydrogen-bond acceptors (Lipinski definition) is 6. The van der Waals surface area contributed by atoms with Crippen LogP contribution in [0.3, 0.4) is 0 Å². The van der Waals surface area contributed by atoms with Gasteiger partial charge in [0, 0.05) is 19.1 Å². The maximum atomic E-state index is 14.4. The van der Waals surface area contributed by atoms with Crippen molar-refractivity contribution in [3.05, 3.63) is 65.5 Å². The number of halogens is 2. The fraction of sp³-hybridized carbons (Fsp3) is 0.261. The molecule has 1 aromatic carbocycles. The SMILES string of the molecule is N[C@@H]1CCCN(c2ccc(Nc3cc(-c4c(F)cccc4F)nc4c3C(=O)NC4)nc2)C1. The molecule has 164 valence electrons. The Morgan fingerprint density at radius 3 is 2.69 bits per heavy atom. The minimum Gasteiger partial charge on any atom is -0.369 e. The van der Waals surface area contributed by atoms with Gasteiger partial charge < -0.3 is 21.3 Å². The Hall–Kier alpha value is -3.59. The molecule has 0 spiro atoms. The molecule has 1 saturated heterocycles. The number of amides is 1. The number of anilines is 3. The number of hydrogen-bond donors (Lipinski definition) is 3. The monoisotopic (exact) mass is 436 g/mol. The van der Waals surface area contributed by atoms with Crippen LogP contribution in [-0.2, 0) is 6.54 Å². The molecule has 0 saturated carbocycles. The maximum absolute atomic E-state index is 14.4. The molecule has 2 aliphatic heterocycles. The van der Waals surface area contributed by atoms with E-state index in [1.54, 1.807) is 12.3 Å². The number of pyridine rings is 2. The van der Waals surface area contributed by atoms with Gasteiger partial charge in [-0.05, 0) is 43.2 Å². The molecule has 2 aromatic heterocycles. The van der Waals surface area contributed by atoms with Gasteiger partial charge in [0.15, 0.2) is 0 Å². The van der Waals surface area contributed by atoms with Crippen molar-refractivity contribution in [3.63, 3.8) is 0 Å². The van der Waals surface area contributed by atoms with Crippen LogP contribution in [0.5, 0.6) is 0 Å². The number of piperidine rings is 1. The Morgan fingerprint density at radius 2 is 1.97 bits per heavy atom. The summed E-state index contributed by atoms with van der Waals surface area (Å²) in [7, 11) is 0. The van der Waals surface area contributed by atoms with E-state index in [1.165, 1.54) is 24.3 Å². The van der Waals surface area contributed by atoms with E-state index in [-0.39, 0.29) is 29.8 Å². The summed E-state index contributed by atoms with van der Waals surface area (Å²) in [6.07, 6.45) is 3.80. The Bertz CT molecular complexity index is 1160. The summed E-state index contributed by atoms with van der Waals surface area (Å²) < 4.78 is 28.7. The van der Waals surface area contributed by atoms with Crippen LogP contribution in [-0.4, -0.2) is 35.0 Å². The van der Waals surface area contributed by atoms with Crippen molar-refractivity contribution in [1.29, 1.82) is 0 Å². The van der Waals surface area contributed by atoms with Gasteiger partial charge in [0.05, 0.1) is 46.6 Å². The molecule has 1 atom stereocenters. The van der Waals surface area contributed by atoms with Crippen molar-refractivity contribution in [2.75, 3.05) is 23.3 Å². The first-order chi connectivity index (χ1) is 15.5. The largest absolute Gasteiger partial charge is 0.369 e. The van der Waals surface area contributed by atoms with Crippen LogP contribution in [0, 0.1) is 11.6 Å². The highest BCUT2D eigenvalue weighted by atomic mass is 19.1. The molecule has 1 amide bonds. The molecule has 0 unspecified atom stereocenters. The van der Waals surface area contributed by atoms with Crippen LogP contribution >= 0.6 is 0 Å². The minimum absolute atomic E-state index is 0.109. The number of nitrogens with one attached hydrogen (secondary N) is 2. The predicted octanol–water partition coefficient (Wildman–Crippen LogP) is 3.34. The molecule has 0 radical (unpaired) electrons. The lowest BCUT2D eigenvalue weighted by molar-refractivity contribution is 0.0966. The van der Waals surface area contributed by atoms with Crippen LogP contribution in [0.25, 0.3) is 11.3 Å². The lowest BCUT2D eigenvalue weighted by atomic mass is 10.1. The number of fused-ring (bicyclic) bond motifs is 1. The van der Waals surface area contributed by atoms with Crippen LogP contribution in [0.1, 0.15) is 28.9 Å². The van der Waals surface area contributed by atoms with Gasteiger partial charge in [0.25, 0.3) is 5.91 Å². The van der Waals surface area contributed by atoms with E-state index in [2.05, 4.69) is 25.5 Å². The third-order valence-corrected chi connectivity index (χ3v) is 5.79. The Morgan fingerprint density at radius 1 is 1.16 bits per heavy atom. The summed E-state index contributed by atoms with van der Waals surface area (Å²) >= 11 is 0. The summed E-state index contributed by atoms with van der Waals surface area (Å²) in [5, 5.41) is 5.83. The molecule has 0 aliphatic carbocycles.